The first-order chi connectivity index (χ1) is 22.0. The second kappa shape index (κ2) is 12.3. The highest BCUT2D eigenvalue weighted by atomic mass is 19.1. The fraction of sp³-hybridized carbons (Fsp3) is 0.343. The molecule has 2 atom stereocenters. The van der Waals surface area contributed by atoms with Crippen molar-refractivity contribution in [2.24, 2.45) is 0 Å². The van der Waals surface area contributed by atoms with Crippen LogP contribution in [0.25, 0.3) is 32.9 Å². The molecule has 0 aliphatic carbocycles. The first-order valence-electron chi connectivity index (χ1n) is 15.3. The largest absolute Gasteiger partial charge is 0.472 e. The Balaban J connectivity index is 1.32. The average Bonchev–Trinajstić information content (AvgIpc) is 3.58. The molecule has 0 unspecified atom stereocenters. The van der Waals surface area contributed by atoms with Gasteiger partial charge in [-0.15, -0.1) is 0 Å². The second-order valence-electron chi connectivity index (χ2n) is 11.9. The summed E-state index contributed by atoms with van der Waals surface area (Å²) in [7, 11) is 0. The zero-order chi connectivity index (χ0) is 31.0. The van der Waals surface area contributed by atoms with Crippen molar-refractivity contribution < 1.29 is 27.8 Å². The third-order valence-corrected chi connectivity index (χ3v) is 9.01. The summed E-state index contributed by atoms with van der Waals surface area (Å²) in [5.74, 6) is -1.04. The minimum atomic E-state index is -0.921. The summed E-state index contributed by atoms with van der Waals surface area (Å²) in [5.41, 5.74) is 1.20. The van der Waals surface area contributed by atoms with Gasteiger partial charge < -0.3 is 14.6 Å². The van der Waals surface area contributed by atoms with Crippen molar-refractivity contribution >= 4 is 21.7 Å². The van der Waals surface area contributed by atoms with Gasteiger partial charge in [-0.25, -0.2) is 13.2 Å². The van der Waals surface area contributed by atoms with Gasteiger partial charge in [-0.1, -0.05) is 54.6 Å². The number of benzene rings is 3. The summed E-state index contributed by atoms with van der Waals surface area (Å²) in [6, 6.07) is 17.8. The number of alkyl halides is 1. The van der Waals surface area contributed by atoms with Gasteiger partial charge in [0.05, 0.1) is 10.9 Å². The van der Waals surface area contributed by atoms with Crippen LogP contribution < -0.4 is 9.47 Å². The van der Waals surface area contributed by atoms with Crippen LogP contribution in [0.3, 0.4) is 0 Å². The lowest BCUT2D eigenvalue weighted by Gasteiger charge is -2.30. The standard InChI is InChI=1S/C35H33F3N4O3/c36-24-17-35(14-6-15-42(35)19-24)21-45-34-40-32-27(33(41-34)44-20-22-7-2-1-3-8-22)18-39-31(30(32)38)26-10-4-9-23-12-13-28(37)25(29(23)26)11-5-16-43/h1-4,7-10,12-13,18,24,43H,5-6,11,14-17,19-21H2/t24-,35+/m1/s1. The molecule has 3 aromatic carbocycles. The number of hydrogen-bond donors (Lipinski definition) is 1. The van der Waals surface area contributed by atoms with Crippen LogP contribution in [0.4, 0.5) is 13.2 Å². The van der Waals surface area contributed by atoms with E-state index in [1.165, 1.54) is 12.3 Å². The molecule has 10 heteroatoms. The van der Waals surface area contributed by atoms with Crippen molar-refractivity contribution in [2.45, 2.75) is 50.4 Å². The van der Waals surface area contributed by atoms with Crippen molar-refractivity contribution in [3.63, 3.8) is 0 Å². The first kappa shape index (κ1) is 29.4. The van der Waals surface area contributed by atoms with Crippen molar-refractivity contribution in [3.8, 4) is 23.1 Å². The number of hydrogen-bond acceptors (Lipinski definition) is 7. The van der Waals surface area contributed by atoms with Crippen LogP contribution in [0.2, 0.25) is 0 Å². The Morgan fingerprint density at radius 1 is 1.00 bits per heavy atom. The van der Waals surface area contributed by atoms with Gasteiger partial charge >= 0.3 is 6.01 Å². The molecule has 2 aromatic heterocycles. The Kier molecular flexibility index (Phi) is 8.01. The van der Waals surface area contributed by atoms with E-state index in [1.807, 2.05) is 36.4 Å². The number of aliphatic hydroxyl groups is 1. The number of nitrogens with zero attached hydrogens (tertiary/aromatic N) is 4. The van der Waals surface area contributed by atoms with Gasteiger partial charge in [-0.2, -0.15) is 9.97 Å². The van der Waals surface area contributed by atoms with Crippen LogP contribution in [0.5, 0.6) is 11.9 Å². The zero-order valence-electron chi connectivity index (χ0n) is 24.7. The molecule has 7 nitrogen and oxygen atoms in total. The number of rotatable bonds is 10. The summed E-state index contributed by atoms with van der Waals surface area (Å²) in [4.78, 5) is 15.6. The average molecular weight is 615 g/mol. The lowest BCUT2D eigenvalue weighted by molar-refractivity contribution is 0.106. The highest BCUT2D eigenvalue weighted by Gasteiger charge is 2.49. The molecule has 0 amide bonds. The Hall–Kier alpha value is -4.28. The Morgan fingerprint density at radius 3 is 2.71 bits per heavy atom. The minimum Gasteiger partial charge on any atom is -0.472 e. The molecular weight excluding hydrogens is 581 g/mol. The van der Waals surface area contributed by atoms with Gasteiger partial charge in [0.25, 0.3) is 0 Å². The van der Waals surface area contributed by atoms with Crippen LogP contribution in [0.15, 0.2) is 66.9 Å². The number of aliphatic hydroxyl groups excluding tert-OH is 1. The summed E-state index contributed by atoms with van der Waals surface area (Å²) in [5, 5.41) is 10.9. The summed E-state index contributed by atoms with van der Waals surface area (Å²) in [6.45, 7) is 1.44. The van der Waals surface area contributed by atoms with E-state index in [1.54, 1.807) is 18.2 Å². The molecule has 232 valence electrons. The maximum Gasteiger partial charge on any atom is 0.320 e. The highest BCUT2D eigenvalue weighted by Crippen LogP contribution is 2.41. The third kappa shape index (κ3) is 5.57. The van der Waals surface area contributed by atoms with Crippen molar-refractivity contribution in [1.82, 2.24) is 19.9 Å². The lowest BCUT2D eigenvalue weighted by Crippen LogP contribution is -2.43. The maximum absolute atomic E-state index is 16.6. The highest BCUT2D eigenvalue weighted by molar-refractivity contribution is 6.00. The Bertz CT molecular complexity index is 1860. The number of ether oxygens (including phenoxy) is 2. The van der Waals surface area contributed by atoms with Gasteiger partial charge in [0.15, 0.2) is 5.82 Å². The third-order valence-electron chi connectivity index (χ3n) is 9.01. The molecule has 2 aliphatic rings. The monoisotopic (exact) mass is 614 g/mol. The Morgan fingerprint density at radius 2 is 1.87 bits per heavy atom. The summed E-state index contributed by atoms with van der Waals surface area (Å²) in [6.07, 6.45) is 3.31. The zero-order valence-corrected chi connectivity index (χ0v) is 24.7. The molecule has 5 aromatic rings. The Labute approximate surface area is 258 Å². The fourth-order valence-corrected chi connectivity index (χ4v) is 6.87. The molecule has 0 saturated carbocycles. The molecule has 1 N–H and O–H groups in total. The van der Waals surface area contributed by atoms with Crippen LogP contribution in [-0.4, -0.2) is 63.0 Å². The normalized spacial score (nSPS) is 19.8. The second-order valence-corrected chi connectivity index (χ2v) is 11.9. The van der Waals surface area contributed by atoms with Crippen LogP contribution >= 0.6 is 0 Å². The fourth-order valence-electron chi connectivity index (χ4n) is 6.87. The van der Waals surface area contributed by atoms with Crippen LogP contribution in [0.1, 0.15) is 36.8 Å². The molecule has 0 radical (unpaired) electrons. The summed E-state index contributed by atoms with van der Waals surface area (Å²) >= 11 is 0. The number of aryl methyl sites for hydroxylation is 1. The van der Waals surface area contributed by atoms with Crippen molar-refractivity contribution in [3.05, 3.63) is 89.6 Å². The molecule has 2 aliphatic heterocycles. The van der Waals surface area contributed by atoms with Crippen molar-refractivity contribution in [1.29, 1.82) is 0 Å². The number of aromatic nitrogens is 3. The molecule has 0 bridgehead atoms. The molecule has 0 spiro atoms. The smallest absolute Gasteiger partial charge is 0.320 e. The van der Waals surface area contributed by atoms with Gasteiger partial charge in [0, 0.05) is 31.3 Å². The van der Waals surface area contributed by atoms with Crippen LogP contribution in [-0.2, 0) is 13.0 Å². The topological polar surface area (TPSA) is 80.6 Å². The van der Waals surface area contributed by atoms with Gasteiger partial charge in [-0.05, 0) is 60.2 Å². The molecule has 4 heterocycles. The molecule has 7 rings (SSSR count). The maximum atomic E-state index is 16.6. The SMILES string of the molecule is OCCCc1c(F)ccc2cccc(-c3ncc4c(OCc5ccccc5)nc(OC[C@@]56CCCN5C[C@H](F)C6)nc4c3F)c12. The van der Waals surface area contributed by atoms with E-state index in [0.717, 1.165) is 30.3 Å². The number of fused-ring (bicyclic) bond motifs is 3. The van der Waals surface area contributed by atoms with Gasteiger partial charge in [0.2, 0.25) is 5.88 Å². The van der Waals surface area contributed by atoms with Crippen molar-refractivity contribution in [2.75, 3.05) is 26.3 Å². The quantitative estimate of drug-likeness (QED) is 0.190. The van der Waals surface area contributed by atoms with E-state index in [4.69, 9.17) is 9.47 Å². The molecule has 45 heavy (non-hydrogen) atoms. The molecule has 2 saturated heterocycles. The molecule has 2 fully saturated rings. The van der Waals surface area contributed by atoms with E-state index < -0.39 is 23.3 Å². The summed E-state index contributed by atoms with van der Waals surface area (Å²) < 4.78 is 58.3. The number of pyridine rings is 1. The lowest BCUT2D eigenvalue weighted by atomic mass is 9.94. The number of halogens is 3. The first-order valence-corrected chi connectivity index (χ1v) is 15.3. The van der Waals surface area contributed by atoms with Crippen LogP contribution in [0, 0.1) is 11.6 Å². The predicted octanol–water partition coefficient (Wildman–Crippen LogP) is 6.58. The predicted molar refractivity (Wildman–Crippen MR) is 165 cm³/mol. The van der Waals surface area contributed by atoms with E-state index in [9.17, 15) is 9.50 Å². The molecular formula is C35H33F3N4O3. The van der Waals surface area contributed by atoms with Gasteiger partial charge in [0.1, 0.15) is 36.4 Å². The van der Waals surface area contributed by atoms with E-state index in [0.29, 0.717) is 35.9 Å². The van der Waals surface area contributed by atoms with E-state index >= 15 is 8.78 Å². The van der Waals surface area contributed by atoms with E-state index in [-0.39, 0.29) is 54.7 Å². The van der Waals surface area contributed by atoms with E-state index in [2.05, 4.69) is 19.9 Å². The minimum absolute atomic E-state index is 0.000710. The van der Waals surface area contributed by atoms with Gasteiger partial charge in [-0.3, -0.25) is 9.88 Å².